The number of nitrogens with zero attached hydrogens (tertiary/aromatic N) is 1. The van der Waals surface area contributed by atoms with Crippen LogP contribution < -0.4 is 10.6 Å². The van der Waals surface area contributed by atoms with E-state index in [1.807, 2.05) is 62.4 Å². The highest BCUT2D eigenvalue weighted by atomic mass is 16.2. The largest absolute Gasteiger partial charge is 0.320 e. The highest BCUT2D eigenvalue weighted by molar-refractivity contribution is 6.21. The van der Waals surface area contributed by atoms with Crippen molar-refractivity contribution in [2.75, 3.05) is 5.32 Å². The Bertz CT molecular complexity index is 1120. The molecule has 1 atom stereocenters. The standard InChI is InChI=1S/C25H23N3O3/c1-16-12-13-21(17(2)14-16)26-25(31)27-22(15-18-8-4-3-5-9-18)28-23(29)19-10-6-7-11-20(19)24(28)30/h3-14,22H,15H2,1-2H3,(H2,26,27,31). The van der Waals surface area contributed by atoms with E-state index >= 15 is 0 Å². The van der Waals surface area contributed by atoms with Gasteiger partial charge in [-0.25, -0.2) is 4.79 Å². The second kappa shape index (κ2) is 8.44. The Kier molecular flexibility index (Phi) is 5.54. The minimum atomic E-state index is -0.833. The SMILES string of the molecule is Cc1ccc(NC(=O)NC(Cc2ccccc2)N2C(=O)c3ccccc3C2=O)c(C)c1. The Morgan fingerprint density at radius 2 is 1.48 bits per heavy atom. The fraction of sp³-hybridized carbons (Fsp3) is 0.160. The van der Waals surface area contributed by atoms with Gasteiger partial charge in [0.1, 0.15) is 6.17 Å². The zero-order chi connectivity index (χ0) is 22.0. The van der Waals surface area contributed by atoms with Gasteiger partial charge in [-0.05, 0) is 43.2 Å². The van der Waals surface area contributed by atoms with E-state index in [-0.39, 0.29) is 0 Å². The molecule has 3 aromatic rings. The van der Waals surface area contributed by atoms with Crippen molar-refractivity contribution in [1.82, 2.24) is 10.2 Å². The number of carbonyl (C=O) groups excluding carboxylic acids is 3. The molecule has 1 heterocycles. The van der Waals surface area contributed by atoms with Crippen molar-refractivity contribution in [3.05, 3.63) is 101 Å². The van der Waals surface area contributed by atoms with Crippen molar-refractivity contribution >= 4 is 23.5 Å². The quantitative estimate of drug-likeness (QED) is 0.613. The van der Waals surface area contributed by atoms with Gasteiger partial charge in [-0.15, -0.1) is 0 Å². The summed E-state index contributed by atoms with van der Waals surface area (Å²) < 4.78 is 0. The fourth-order valence-corrected chi connectivity index (χ4v) is 3.80. The van der Waals surface area contributed by atoms with Crippen LogP contribution in [0, 0.1) is 13.8 Å². The number of urea groups is 1. The number of amides is 4. The molecule has 6 heteroatoms. The number of nitrogens with one attached hydrogen (secondary N) is 2. The maximum absolute atomic E-state index is 13.0. The third kappa shape index (κ3) is 4.19. The molecule has 1 aliphatic heterocycles. The molecule has 0 radical (unpaired) electrons. The van der Waals surface area contributed by atoms with Crippen molar-refractivity contribution in [3.63, 3.8) is 0 Å². The molecule has 4 rings (SSSR count). The Morgan fingerprint density at radius 1 is 0.871 bits per heavy atom. The summed E-state index contributed by atoms with van der Waals surface area (Å²) in [6, 6.07) is 21.4. The number of hydrogen-bond acceptors (Lipinski definition) is 3. The van der Waals surface area contributed by atoms with Crippen LogP contribution in [-0.4, -0.2) is 28.9 Å². The minimum absolute atomic E-state index is 0.298. The number of hydrogen-bond donors (Lipinski definition) is 2. The minimum Gasteiger partial charge on any atom is -0.317 e. The van der Waals surface area contributed by atoms with Crippen LogP contribution >= 0.6 is 0 Å². The third-order valence-corrected chi connectivity index (χ3v) is 5.34. The molecule has 2 N–H and O–H groups in total. The summed E-state index contributed by atoms with van der Waals surface area (Å²) in [5.74, 6) is -0.818. The third-order valence-electron chi connectivity index (χ3n) is 5.34. The second-order valence-corrected chi connectivity index (χ2v) is 7.65. The van der Waals surface area contributed by atoms with E-state index in [0.717, 1.165) is 21.6 Å². The van der Waals surface area contributed by atoms with Gasteiger partial charge in [0.2, 0.25) is 0 Å². The van der Waals surface area contributed by atoms with Gasteiger partial charge in [-0.2, -0.15) is 0 Å². The van der Waals surface area contributed by atoms with Crippen LogP contribution in [0.15, 0.2) is 72.8 Å². The van der Waals surface area contributed by atoms with Crippen molar-refractivity contribution in [3.8, 4) is 0 Å². The van der Waals surface area contributed by atoms with E-state index in [1.165, 1.54) is 0 Å². The van der Waals surface area contributed by atoms with Gasteiger partial charge in [-0.1, -0.05) is 60.2 Å². The maximum atomic E-state index is 13.0. The zero-order valence-electron chi connectivity index (χ0n) is 17.4. The van der Waals surface area contributed by atoms with Crippen molar-refractivity contribution in [2.45, 2.75) is 26.4 Å². The van der Waals surface area contributed by atoms with Crippen LogP contribution in [0.2, 0.25) is 0 Å². The normalized spacial score (nSPS) is 13.7. The Labute approximate surface area is 180 Å². The van der Waals surface area contributed by atoms with E-state index in [1.54, 1.807) is 24.3 Å². The highest BCUT2D eigenvalue weighted by Crippen LogP contribution is 2.25. The van der Waals surface area contributed by atoms with Gasteiger partial charge in [0.15, 0.2) is 0 Å². The number of fused-ring (bicyclic) bond motifs is 1. The molecular weight excluding hydrogens is 390 g/mol. The maximum Gasteiger partial charge on any atom is 0.320 e. The summed E-state index contributed by atoms with van der Waals surface area (Å²) in [6.07, 6.45) is -0.535. The lowest BCUT2D eigenvalue weighted by molar-refractivity contribution is 0.0565. The summed E-state index contributed by atoms with van der Waals surface area (Å²) >= 11 is 0. The van der Waals surface area contributed by atoms with Gasteiger partial charge >= 0.3 is 6.03 Å². The van der Waals surface area contributed by atoms with Crippen LogP contribution in [-0.2, 0) is 6.42 Å². The van der Waals surface area contributed by atoms with Crippen LogP contribution in [0.25, 0.3) is 0 Å². The first-order chi connectivity index (χ1) is 14.9. The molecule has 0 aromatic heterocycles. The average molecular weight is 413 g/mol. The van der Waals surface area contributed by atoms with E-state index < -0.39 is 24.0 Å². The van der Waals surface area contributed by atoms with E-state index in [9.17, 15) is 14.4 Å². The molecule has 0 aliphatic carbocycles. The van der Waals surface area contributed by atoms with Crippen molar-refractivity contribution in [1.29, 1.82) is 0 Å². The molecule has 31 heavy (non-hydrogen) atoms. The van der Waals surface area contributed by atoms with Crippen LogP contribution in [0.3, 0.4) is 0 Å². The van der Waals surface area contributed by atoms with Crippen molar-refractivity contribution in [2.24, 2.45) is 0 Å². The monoisotopic (exact) mass is 413 g/mol. The predicted molar refractivity (Wildman–Crippen MR) is 119 cm³/mol. The molecule has 0 fully saturated rings. The average Bonchev–Trinajstić information content (AvgIpc) is 3.01. The molecule has 0 saturated heterocycles. The predicted octanol–water partition coefficient (Wildman–Crippen LogP) is 4.29. The molecule has 1 unspecified atom stereocenters. The summed E-state index contributed by atoms with van der Waals surface area (Å²) in [4.78, 5) is 40.0. The Balaban J connectivity index is 1.60. The fourth-order valence-electron chi connectivity index (χ4n) is 3.80. The number of carbonyl (C=O) groups is 3. The van der Waals surface area contributed by atoms with Crippen molar-refractivity contribution < 1.29 is 14.4 Å². The molecule has 1 aliphatic rings. The zero-order valence-corrected chi connectivity index (χ0v) is 17.4. The lowest BCUT2D eigenvalue weighted by Crippen LogP contribution is -2.53. The first-order valence-corrected chi connectivity index (χ1v) is 10.1. The van der Waals surface area contributed by atoms with Crippen LogP contribution in [0.4, 0.5) is 10.5 Å². The first kappa shape index (κ1) is 20.3. The molecule has 6 nitrogen and oxygen atoms in total. The van der Waals surface area contributed by atoms with Gasteiger partial charge in [0.05, 0.1) is 11.1 Å². The second-order valence-electron chi connectivity index (χ2n) is 7.65. The van der Waals surface area contributed by atoms with E-state index in [4.69, 9.17) is 0 Å². The van der Waals surface area contributed by atoms with E-state index in [2.05, 4.69) is 10.6 Å². The smallest absolute Gasteiger partial charge is 0.317 e. The lowest BCUT2D eigenvalue weighted by Gasteiger charge is -2.27. The van der Waals surface area contributed by atoms with Gasteiger partial charge in [0.25, 0.3) is 11.8 Å². The first-order valence-electron chi connectivity index (χ1n) is 10.1. The van der Waals surface area contributed by atoms with E-state index in [0.29, 0.717) is 23.2 Å². The molecule has 4 amide bonds. The van der Waals surface area contributed by atoms with Gasteiger partial charge in [-0.3, -0.25) is 14.5 Å². The highest BCUT2D eigenvalue weighted by Gasteiger charge is 2.40. The molecule has 0 saturated carbocycles. The molecular formula is C25H23N3O3. The van der Waals surface area contributed by atoms with Crippen LogP contribution in [0.5, 0.6) is 0 Å². The lowest BCUT2D eigenvalue weighted by atomic mass is 10.1. The summed E-state index contributed by atoms with van der Waals surface area (Å²) in [5.41, 5.74) is 4.29. The molecule has 156 valence electrons. The number of benzene rings is 3. The Hall–Kier alpha value is -3.93. The number of imide groups is 1. The van der Waals surface area contributed by atoms with Crippen LogP contribution in [0.1, 0.15) is 37.4 Å². The topological polar surface area (TPSA) is 78.5 Å². The number of aryl methyl sites for hydroxylation is 2. The number of rotatable bonds is 5. The summed E-state index contributed by atoms with van der Waals surface area (Å²) in [5, 5.41) is 5.66. The van der Waals surface area contributed by atoms with Gasteiger partial charge < -0.3 is 10.6 Å². The summed E-state index contributed by atoms with van der Waals surface area (Å²) in [6.45, 7) is 3.89. The van der Waals surface area contributed by atoms with Gasteiger partial charge in [0, 0.05) is 12.1 Å². The Morgan fingerprint density at radius 3 is 2.10 bits per heavy atom. The molecule has 0 bridgehead atoms. The summed E-state index contributed by atoms with van der Waals surface area (Å²) in [7, 11) is 0. The molecule has 0 spiro atoms. The molecule has 3 aromatic carbocycles. The number of anilines is 1.